The molecule has 0 aromatic rings. The summed E-state index contributed by atoms with van der Waals surface area (Å²) in [5.41, 5.74) is 0.0344. The Kier molecular flexibility index (Phi) is 2.63. The molecule has 2 heteroatoms. The fourth-order valence-corrected chi connectivity index (χ4v) is 0.230. The molecule has 0 aliphatic heterocycles. The molecule has 0 N–H and O–H groups in total. The van der Waals surface area contributed by atoms with Gasteiger partial charge in [0.25, 0.3) is 0 Å². The molecular formula is C6H9OSi. The van der Waals surface area contributed by atoms with E-state index in [4.69, 9.17) is 0 Å². The third kappa shape index (κ3) is 5.58. The van der Waals surface area contributed by atoms with Gasteiger partial charge >= 0.3 is 10.5 Å². The molecule has 0 unspecified atom stereocenters. The van der Waals surface area contributed by atoms with Crippen LogP contribution in [0.2, 0.25) is 0 Å². The summed E-state index contributed by atoms with van der Waals surface area (Å²) in [6.07, 6.45) is 2.45. The minimum atomic E-state index is 0.0344. The van der Waals surface area contributed by atoms with Crippen molar-refractivity contribution >= 4 is 10.5 Å². The second kappa shape index (κ2) is 2.78. The lowest BCUT2D eigenvalue weighted by Gasteiger charge is -2.05. The lowest BCUT2D eigenvalue weighted by atomic mass is 9.99. The molecule has 0 aromatic carbocycles. The summed E-state index contributed by atoms with van der Waals surface area (Å²) in [5.74, 6) is 2.85. The lowest BCUT2D eigenvalue weighted by molar-refractivity contribution is 0.540. The van der Waals surface area contributed by atoms with Crippen molar-refractivity contribution in [1.82, 2.24) is 0 Å². The van der Waals surface area contributed by atoms with Gasteiger partial charge in [-0.2, -0.15) is 0 Å². The molecule has 1 nitrogen and oxygen atoms in total. The zero-order chi connectivity index (χ0) is 6.62. The number of rotatable bonds is 0. The molecule has 0 aliphatic carbocycles. The third-order valence-corrected chi connectivity index (χ3v) is 0.579. The Bertz CT molecular complexity index is 113. The fourth-order valence-electron chi connectivity index (χ4n) is 0.179. The molecule has 0 amide bonds. The van der Waals surface area contributed by atoms with Gasteiger partial charge in [-0.15, -0.1) is 0 Å². The van der Waals surface area contributed by atoms with Crippen molar-refractivity contribution < 1.29 is 4.43 Å². The average Bonchev–Trinajstić information content (AvgIpc) is 1.59. The molecule has 43 valence electrons. The predicted octanol–water partition coefficient (Wildman–Crippen LogP) is 1.09. The van der Waals surface area contributed by atoms with Crippen LogP contribution in [0.3, 0.4) is 0 Å². The normalized spacial score (nSPS) is 9.50. The van der Waals surface area contributed by atoms with E-state index in [1.165, 1.54) is 0 Å². The van der Waals surface area contributed by atoms with Crippen molar-refractivity contribution in [3.05, 3.63) is 0 Å². The Morgan fingerprint density at radius 1 is 1.38 bits per heavy atom. The zero-order valence-corrected chi connectivity index (χ0v) is 6.41. The first-order valence-corrected chi connectivity index (χ1v) is 2.82. The smallest absolute Gasteiger partial charge is 0.359 e. The van der Waals surface area contributed by atoms with E-state index < -0.39 is 0 Å². The van der Waals surface area contributed by atoms with Crippen LogP contribution in [0.25, 0.3) is 0 Å². The molecule has 0 aliphatic rings. The molecular weight excluding hydrogens is 116 g/mol. The maximum absolute atomic E-state index is 4.36. The predicted molar refractivity (Wildman–Crippen MR) is 34.1 cm³/mol. The van der Waals surface area contributed by atoms with Crippen molar-refractivity contribution in [2.24, 2.45) is 5.41 Å². The van der Waals surface area contributed by atoms with Gasteiger partial charge in [-0.1, -0.05) is 5.92 Å². The van der Waals surface area contributed by atoms with Gasteiger partial charge < -0.3 is 4.43 Å². The van der Waals surface area contributed by atoms with Crippen molar-refractivity contribution in [3.63, 3.8) is 0 Å². The van der Waals surface area contributed by atoms with E-state index >= 15 is 0 Å². The highest BCUT2D eigenvalue weighted by Crippen LogP contribution is 2.09. The Morgan fingerprint density at radius 2 is 1.88 bits per heavy atom. The van der Waals surface area contributed by atoms with E-state index in [2.05, 4.69) is 26.9 Å². The van der Waals surface area contributed by atoms with Crippen LogP contribution in [0, 0.1) is 17.4 Å². The highest BCUT2D eigenvalue weighted by atomic mass is 28.2. The zero-order valence-electron chi connectivity index (χ0n) is 5.41. The number of hydrogen-bond acceptors (Lipinski definition) is 1. The molecule has 0 spiro atoms. The van der Waals surface area contributed by atoms with E-state index in [9.17, 15) is 0 Å². The summed E-state index contributed by atoms with van der Waals surface area (Å²) in [7, 11) is 2.77. The Balaban J connectivity index is 3.69. The van der Waals surface area contributed by atoms with Crippen molar-refractivity contribution in [3.8, 4) is 12.0 Å². The van der Waals surface area contributed by atoms with Gasteiger partial charge in [-0.05, 0) is 20.8 Å². The summed E-state index contributed by atoms with van der Waals surface area (Å²) in [6.45, 7) is 6.06. The second-order valence-electron chi connectivity index (χ2n) is 2.58. The fraction of sp³-hybridized carbons (Fsp3) is 0.667. The molecule has 0 atom stereocenters. The van der Waals surface area contributed by atoms with Crippen LogP contribution in [0.5, 0.6) is 0 Å². The van der Waals surface area contributed by atoms with Crippen LogP contribution < -0.4 is 0 Å². The van der Waals surface area contributed by atoms with Gasteiger partial charge in [0.15, 0.2) is 0 Å². The van der Waals surface area contributed by atoms with Gasteiger partial charge in [-0.3, -0.25) is 0 Å². The van der Waals surface area contributed by atoms with Gasteiger partial charge in [-0.25, -0.2) is 0 Å². The maximum Gasteiger partial charge on any atom is 0.359 e. The largest absolute Gasteiger partial charge is 0.500 e. The lowest BCUT2D eigenvalue weighted by Crippen LogP contribution is -1.99. The van der Waals surface area contributed by atoms with Gasteiger partial charge in [0.2, 0.25) is 0 Å². The minimum Gasteiger partial charge on any atom is -0.500 e. The molecule has 0 saturated heterocycles. The van der Waals surface area contributed by atoms with Crippen LogP contribution in [-0.2, 0) is 4.43 Å². The number of hydrogen-bond donors (Lipinski definition) is 0. The van der Waals surface area contributed by atoms with Crippen LogP contribution in [-0.4, -0.2) is 10.5 Å². The van der Waals surface area contributed by atoms with E-state index in [1.54, 1.807) is 0 Å². The quantitative estimate of drug-likeness (QED) is 0.348. The molecule has 0 saturated carbocycles. The first-order valence-electron chi connectivity index (χ1n) is 2.41. The average molecular weight is 125 g/mol. The van der Waals surface area contributed by atoms with E-state index in [-0.39, 0.29) is 5.41 Å². The standard InChI is InChI=1S/C6H9OSi/c1-6(2,3)4-5-7-8/h1-3H3. The minimum absolute atomic E-state index is 0.0344. The Hall–Kier alpha value is -0.423. The monoisotopic (exact) mass is 125 g/mol. The topological polar surface area (TPSA) is 9.23 Å². The van der Waals surface area contributed by atoms with Crippen LogP contribution in [0.4, 0.5) is 0 Å². The Morgan fingerprint density at radius 3 is 2.00 bits per heavy atom. The van der Waals surface area contributed by atoms with E-state index in [0.717, 1.165) is 0 Å². The summed E-state index contributed by atoms with van der Waals surface area (Å²) in [4.78, 5) is 0. The summed E-state index contributed by atoms with van der Waals surface area (Å²) >= 11 is 0. The third-order valence-electron chi connectivity index (χ3n) is 0.477. The molecule has 0 fully saturated rings. The maximum atomic E-state index is 4.36. The summed E-state index contributed by atoms with van der Waals surface area (Å²) in [5, 5.41) is 0. The highest BCUT2D eigenvalue weighted by molar-refractivity contribution is 5.98. The van der Waals surface area contributed by atoms with Gasteiger partial charge in [0, 0.05) is 5.41 Å². The van der Waals surface area contributed by atoms with Gasteiger partial charge in [0.05, 0.1) is 6.11 Å². The van der Waals surface area contributed by atoms with E-state index in [0.29, 0.717) is 0 Å². The second-order valence-corrected chi connectivity index (χ2v) is 2.78. The molecule has 0 aromatic heterocycles. The van der Waals surface area contributed by atoms with Crippen LogP contribution in [0.1, 0.15) is 20.8 Å². The molecule has 0 heterocycles. The van der Waals surface area contributed by atoms with Gasteiger partial charge in [0.1, 0.15) is 0 Å². The highest BCUT2D eigenvalue weighted by Gasteiger charge is 2.02. The molecule has 0 bridgehead atoms. The van der Waals surface area contributed by atoms with Crippen LogP contribution in [0.15, 0.2) is 0 Å². The Labute approximate surface area is 54.0 Å². The van der Waals surface area contributed by atoms with Crippen LogP contribution >= 0.6 is 0 Å². The molecule has 8 heavy (non-hydrogen) atoms. The van der Waals surface area contributed by atoms with Crippen molar-refractivity contribution in [1.29, 1.82) is 0 Å². The first-order chi connectivity index (χ1) is 3.56. The summed E-state index contributed by atoms with van der Waals surface area (Å²) in [6, 6.07) is 0. The molecule has 0 rings (SSSR count). The molecule has 3 radical (unpaired) electrons. The van der Waals surface area contributed by atoms with E-state index in [1.807, 2.05) is 20.8 Å². The SMILES string of the molecule is CC(C)(C)C#CO[Si]. The summed E-state index contributed by atoms with van der Waals surface area (Å²) < 4.78 is 4.36. The van der Waals surface area contributed by atoms with Crippen molar-refractivity contribution in [2.45, 2.75) is 20.8 Å². The van der Waals surface area contributed by atoms with Crippen molar-refractivity contribution in [2.75, 3.05) is 0 Å². The first kappa shape index (κ1) is 7.58.